The van der Waals surface area contributed by atoms with E-state index in [1.54, 1.807) is 0 Å². The maximum absolute atomic E-state index is 11.2. The SMILES string of the molecule is COC(=O)CNSN1CCN(c2ccc(C#Cc3ccc4c(c3)C(=NCc3ccccc3)CCO4)cc2)CC1. The number of nitrogens with one attached hydrogen (secondary N) is 1. The number of hydrogen-bond donors (Lipinski definition) is 1. The van der Waals surface area contributed by atoms with Crippen LogP contribution in [0.25, 0.3) is 0 Å². The second kappa shape index (κ2) is 13.3. The van der Waals surface area contributed by atoms with Gasteiger partial charge in [-0.1, -0.05) is 42.2 Å². The standard InChI is InChI=1S/C31H32N4O3S/c1-37-31(36)23-33-39-35-18-16-34(17-19-35)27-12-9-24(10-13-27)7-8-25-11-14-30-28(21-25)29(15-20-38-30)32-22-26-5-3-2-4-6-26/h2-6,9-14,21,33H,15-20,22-23H2,1H3. The number of piperazine rings is 1. The van der Waals surface area contributed by atoms with E-state index >= 15 is 0 Å². The Morgan fingerprint density at radius 1 is 1.00 bits per heavy atom. The van der Waals surface area contributed by atoms with Gasteiger partial charge in [-0.2, -0.15) is 0 Å². The zero-order valence-corrected chi connectivity index (χ0v) is 22.9. The Morgan fingerprint density at radius 3 is 2.51 bits per heavy atom. The van der Waals surface area contributed by atoms with Gasteiger partial charge in [-0.15, -0.1) is 0 Å². The minimum Gasteiger partial charge on any atom is -0.492 e. The summed E-state index contributed by atoms with van der Waals surface area (Å²) in [5, 5.41) is 0. The second-order valence-electron chi connectivity index (χ2n) is 9.26. The Labute approximate surface area is 234 Å². The molecule has 0 unspecified atom stereocenters. The third-order valence-corrected chi connectivity index (χ3v) is 7.54. The van der Waals surface area contributed by atoms with Gasteiger partial charge in [0.05, 0.1) is 20.3 Å². The Balaban J connectivity index is 1.18. The van der Waals surface area contributed by atoms with Crippen molar-refractivity contribution in [1.29, 1.82) is 0 Å². The lowest BCUT2D eigenvalue weighted by molar-refractivity contribution is -0.139. The molecule has 1 N–H and O–H groups in total. The van der Waals surface area contributed by atoms with E-state index in [9.17, 15) is 4.79 Å². The number of methoxy groups -OCH3 is 1. The first kappa shape index (κ1) is 26.8. The van der Waals surface area contributed by atoms with E-state index in [2.05, 4.69) is 73.0 Å². The number of esters is 1. The summed E-state index contributed by atoms with van der Waals surface area (Å²) < 4.78 is 15.8. The number of hydrogen-bond acceptors (Lipinski definition) is 8. The average Bonchev–Trinajstić information content (AvgIpc) is 3.00. The monoisotopic (exact) mass is 540 g/mol. The van der Waals surface area contributed by atoms with Crippen molar-refractivity contribution >= 4 is 29.5 Å². The highest BCUT2D eigenvalue weighted by molar-refractivity contribution is 7.95. The maximum atomic E-state index is 11.2. The fraction of sp³-hybridized carbons (Fsp3) is 0.290. The molecule has 0 atom stereocenters. The summed E-state index contributed by atoms with van der Waals surface area (Å²) in [5.74, 6) is 7.24. The smallest absolute Gasteiger partial charge is 0.320 e. The third-order valence-electron chi connectivity index (χ3n) is 6.64. The summed E-state index contributed by atoms with van der Waals surface area (Å²) in [6.45, 7) is 5.16. The molecule has 2 aliphatic rings. The van der Waals surface area contributed by atoms with Crippen molar-refractivity contribution in [2.75, 3.05) is 51.3 Å². The largest absolute Gasteiger partial charge is 0.492 e. The Bertz CT molecular complexity index is 1360. The van der Waals surface area contributed by atoms with E-state index in [0.29, 0.717) is 13.2 Å². The van der Waals surface area contributed by atoms with Gasteiger partial charge in [0.15, 0.2) is 0 Å². The first-order chi connectivity index (χ1) is 19.2. The molecule has 0 aromatic heterocycles. The molecule has 1 saturated heterocycles. The molecule has 2 aliphatic heterocycles. The van der Waals surface area contributed by atoms with E-state index in [0.717, 1.165) is 60.8 Å². The Morgan fingerprint density at radius 2 is 1.74 bits per heavy atom. The highest BCUT2D eigenvalue weighted by Gasteiger charge is 2.18. The van der Waals surface area contributed by atoms with Crippen LogP contribution in [0.4, 0.5) is 5.69 Å². The van der Waals surface area contributed by atoms with Crippen LogP contribution in [0, 0.1) is 11.8 Å². The summed E-state index contributed by atoms with van der Waals surface area (Å²) in [5.41, 5.74) is 6.43. The van der Waals surface area contributed by atoms with Crippen molar-refractivity contribution in [1.82, 2.24) is 9.03 Å². The molecule has 0 spiro atoms. The quantitative estimate of drug-likeness (QED) is 0.272. The topological polar surface area (TPSA) is 66.4 Å². The van der Waals surface area contributed by atoms with E-state index in [1.165, 1.54) is 30.5 Å². The number of carbonyl (C=O) groups excluding carboxylic acids is 1. The molecule has 3 aromatic rings. The summed E-state index contributed by atoms with van der Waals surface area (Å²) >= 11 is 1.48. The molecule has 8 heteroatoms. The fourth-order valence-corrected chi connectivity index (χ4v) is 5.19. The summed E-state index contributed by atoms with van der Waals surface area (Å²) in [7, 11) is 1.40. The van der Waals surface area contributed by atoms with Crippen molar-refractivity contribution in [3.63, 3.8) is 0 Å². The van der Waals surface area contributed by atoms with Crippen molar-refractivity contribution in [3.05, 3.63) is 95.1 Å². The molecule has 0 bridgehead atoms. The zero-order chi connectivity index (χ0) is 26.9. The number of nitrogens with zero attached hydrogens (tertiary/aromatic N) is 3. The Kier molecular flexibility index (Phi) is 9.17. The zero-order valence-electron chi connectivity index (χ0n) is 22.1. The molecule has 0 radical (unpaired) electrons. The molecule has 200 valence electrons. The number of benzene rings is 3. The van der Waals surface area contributed by atoms with Crippen LogP contribution in [0.3, 0.4) is 0 Å². The van der Waals surface area contributed by atoms with E-state index in [1.807, 2.05) is 30.3 Å². The van der Waals surface area contributed by atoms with Crippen molar-refractivity contribution in [2.24, 2.45) is 4.99 Å². The normalized spacial score (nSPS) is 16.1. The minimum atomic E-state index is -0.262. The van der Waals surface area contributed by atoms with Gasteiger partial charge < -0.3 is 14.4 Å². The lowest BCUT2D eigenvalue weighted by atomic mass is 10.0. The maximum Gasteiger partial charge on any atom is 0.320 e. The third kappa shape index (κ3) is 7.42. The van der Waals surface area contributed by atoms with Crippen LogP contribution in [0.15, 0.2) is 77.8 Å². The lowest BCUT2D eigenvalue weighted by Gasteiger charge is -2.35. The molecular weight excluding hydrogens is 508 g/mol. The first-order valence-electron chi connectivity index (χ1n) is 13.1. The summed E-state index contributed by atoms with van der Waals surface area (Å²) in [6.07, 6.45) is 0.801. The van der Waals surface area contributed by atoms with Crippen LogP contribution < -0.4 is 14.4 Å². The summed E-state index contributed by atoms with van der Waals surface area (Å²) in [4.78, 5) is 18.5. The van der Waals surface area contributed by atoms with Crippen molar-refractivity contribution < 1.29 is 14.3 Å². The fourth-order valence-electron chi connectivity index (χ4n) is 4.48. The molecule has 1 fully saturated rings. The predicted molar refractivity (Wildman–Crippen MR) is 157 cm³/mol. The van der Waals surface area contributed by atoms with Gasteiger partial charge in [0.25, 0.3) is 0 Å². The second-order valence-corrected chi connectivity index (χ2v) is 10.2. The molecule has 7 nitrogen and oxygen atoms in total. The van der Waals surface area contributed by atoms with Crippen LogP contribution in [-0.2, 0) is 16.1 Å². The van der Waals surface area contributed by atoms with Gasteiger partial charge in [0.2, 0.25) is 0 Å². The number of carbonyl (C=O) groups is 1. The van der Waals surface area contributed by atoms with Gasteiger partial charge >= 0.3 is 5.97 Å². The van der Waals surface area contributed by atoms with Crippen molar-refractivity contribution in [3.8, 4) is 17.6 Å². The number of fused-ring (bicyclic) bond motifs is 1. The highest BCUT2D eigenvalue weighted by Crippen LogP contribution is 2.27. The summed E-state index contributed by atoms with van der Waals surface area (Å²) in [6, 6.07) is 24.9. The molecule has 3 aromatic carbocycles. The number of ether oxygens (including phenoxy) is 2. The molecule has 0 aliphatic carbocycles. The van der Waals surface area contributed by atoms with Gasteiger partial charge in [0, 0.05) is 72.8 Å². The van der Waals surface area contributed by atoms with E-state index in [4.69, 9.17) is 9.73 Å². The number of anilines is 1. The number of aliphatic imine (C=N–C) groups is 1. The van der Waals surface area contributed by atoms with Gasteiger partial charge in [0.1, 0.15) is 12.3 Å². The molecule has 5 rings (SSSR count). The average molecular weight is 541 g/mol. The van der Waals surface area contributed by atoms with E-state index in [-0.39, 0.29) is 12.5 Å². The minimum absolute atomic E-state index is 0.201. The molecule has 0 saturated carbocycles. The Hall–Kier alpha value is -3.77. The molecular formula is C31H32N4O3S. The van der Waals surface area contributed by atoms with E-state index < -0.39 is 0 Å². The van der Waals surface area contributed by atoms with Crippen LogP contribution >= 0.6 is 12.1 Å². The number of rotatable bonds is 7. The van der Waals surface area contributed by atoms with Crippen molar-refractivity contribution in [2.45, 2.75) is 13.0 Å². The molecule has 2 heterocycles. The van der Waals surface area contributed by atoms with Crippen LogP contribution in [0.1, 0.15) is 28.7 Å². The van der Waals surface area contributed by atoms with Crippen LogP contribution in [-0.4, -0.2) is 62.4 Å². The van der Waals surface area contributed by atoms with Crippen LogP contribution in [0.2, 0.25) is 0 Å². The predicted octanol–water partition coefficient (Wildman–Crippen LogP) is 4.31. The van der Waals surface area contributed by atoms with Crippen LogP contribution in [0.5, 0.6) is 5.75 Å². The molecule has 0 amide bonds. The lowest BCUT2D eigenvalue weighted by Crippen LogP contribution is -2.44. The van der Waals surface area contributed by atoms with Gasteiger partial charge in [-0.25, -0.2) is 9.03 Å². The van der Waals surface area contributed by atoms with Gasteiger partial charge in [-0.05, 0) is 48.0 Å². The highest BCUT2D eigenvalue weighted by atomic mass is 32.2. The molecule has 39 heavy (non-hydrogen) atoms. The van der Waals surface area contributed by atoms with Gasteiger partial charge in [-0.3, -0.25) is 9.79 Å². The first-order valence-corrected chi connectivity index (χ1v) is 13.9.